The quantitative estimate of drug-likeness (QED) is 0.872. The van der Waals surface area contributed by atoms with Crippen LogP contribution in [0.3, 0.4) is 0 Å². The predicted molar refractivity (Wildman–Crippen MR) is 67.1 cm³/mol. The molecule has 0 fully saturated rings. The van der Waals surface area contributed by atoms with Crippen LogP contribution in [-0.2, 0) is 0 Å². The number of hydrogen-bond acceptors (Lipinski definition) is 2. The summed E-state index contributed by atoms with van der Waals surface area (Å²) in [4.78, 5) is 1.68. The summed E-state index contributed by atoms with van der Waals surface area (Å²) >= 11 is 1.40. The van der Waals surface area contributed by atoms with Crippen LogP contribution in [0.5, 0.6) is 0 Å². The lowest BCUT2D eigenvalue weighted by Gasteiger charge is -2.06. The van der Waals surface area contributed by atoms with Gasteiger partial charge in [0.2, 0.25) is 0 Å². The monoisotopic (exact) mass is 253 g/mol. The molecule has 1 N–H and O–H groups in total. The van der Waals surface area contributed by atoms with Gasteiger partial charge in [0.05, 0.1) is 5.56 Å². The summed E-state index contributed by atoms with van der Waals surface area (Å²) in [7, 11) is 1.85. The summed E-state index contributed by atoms with van der Waals surface area (Å²) < 4.78 is 27.2. The van der Waals surface area contributed by atoms with Gasteiger partial charge < -0.3 is 5.32 Å². The predicted octanol–water partition coefficient (Wildman–Crippen LogP) is 3.97. The molecular formula is C13H13F2NS. The molecule has 0 amide bonds. The van der Waals surface area contributed by atoms with Crippen molar-refractivity contribution < 1.29 is 8.78 Å². The summed E-state index contributed by atoms with van der Waals surface area (Å²) in [6.45, 7) is 2.01. The van der Waals surface area contributed by atoms with Crippen LogP contribution in [0.1, 0.15) is 17.8 Å². The maximum Gasteiger partial charge on any atom is 0.134 e. The number of thiophene rings is 1. The molecular weight excluding hydrogens is 240 g/mol. The second-order valence-electron chi connectivity index (χ2n) is 3.81. The molecule has 1 aromatic heterocycles. The van der Waals surface area contributed by atoms with Crippen LogP contribution in [0, 0.1) is 11.6 Å². The van der Waals surface area contributed by atoms with Crippen LogP contribution >= 0.6 is 11.3 Å². The van der Waals surface area contributed by atoms with Crippen molar-refractivity contribution in [2.45, 2.75) is 13.0 Å². The molecule has 0 aliphatic heterocycles. The molecule has 0 bridgehead atoms. The Morgan fingerprint density at radius 1 is 1.12 bits per heavy atom. The average Bonchev–Trinajstić information content (AvgIpc) is 2.77. The zero-order valence-corrected chi connectivity index (χ0v) is 10.4. The van der Waals surface area contributed by atoms with E-state index in [1.54, 1.807) is 6.07 Å². The van der Waals surface area contributed by atoms with Crippen molar-refractivity contribution >= 4 is 11.3 Å². The molecule has 1 nitrogen and oxygen atoms in total. The Bertz CT molecular complexity index is 502. The molecule has 1 atom stereocenters. The number of halogens is 2. The molecule has 0 radical (unpaired) electrons. The van der Waals surface area contributed by atoms with Gasteiger partial charge >= 0.3 is 0 Å². The molecule has 1 heterocycles. The highest BCUT2D eigenvalue weighted by Crippen LogP contribution is 2.34. The summed E-state index contributed by atoms with van der Waals surface area (Å²) in [5.74, 6) is -1.04. The maximum absolute atomic E-state index is 13.6. The summed E-state index contributed by atoms with van der Waals surface area (Å²) in [5.41, 5.74) is 0.0621. The van der Waals surface area contributed by atoms with E-state index in [1.807, 2.05) is 20.0 Å². The fourth-order valence-electron chi connectivity index (χ4n) is 1.60. The van der Waals surface area contributed by atoms with Gasteiger partial charge in [-0.05, 0) is 38.2 Å². The van der Waals surface area contributed by atoms with Gasteiger partial charge in [-0.2, -0.15) is 0 Å². The Balaban J connectivity index is 2.44. The Morgan fingerprint density at radius 2 is 1.76 bits per heavy atom. The fourth-order valence-corrected chi connectivity index (χ4v) is 2.71. The van der Waals surface area contributed by atoms with Crippen molar-refractivity contribution in [1.29, 1.82) is 0 Å². The van der Waals surface area contributed by atoms with Gasteiger partial charge in [-0.15, -0.1) is 11.3 Å². The zero-order valence-electron chi connectivity index (χ0n) is 9.63. The van der Waals surface area contributed by atoms with Gasteiger partial charge in [-0.1, -0.05) is 6.07 Å². The molecule has 4 heteroatoms. The second-order valence-corrected chi connectivity index (χ2v) is 4.92. The third-order valence-corrected chi connectivity index (χ3v) is 3.98. The summed E-state index contributed by atoms with van der Waals surface area (Å²) in [6, 6.07) is 7.77. The van der Waals surface area contributed by atoms with E-state index in [0.717, 1.165) is 4.88 Å². The highest BCUT2D eigenvalue weighted by Gasteiger charge is 2.14. The van der Waals surface area contributed by atoms with E-state index in [2.05, 4.69) is 5.32 Å². The van der Waals surface area contributed by atoms with Crippen LogP contribution in [-0.4, -0.2) is 7.05 Å². The molecule has 90 valence electrons. The summed E-state index contributed by atoms with van der Waals surface area (Å²) in [5, 5.41) is 3.10. The lowest BCUT2D eigenvalue weighted by Crippen LogP contribution is -2.10. The Hall–Kier alpha value is -1.26. The number of hydrogen-bond donors (Lipinski definition) is 1. The van der Waals surface area contributed by atoms with Crippen LogP contribution < -0.4 is 5.32 Å². The third-order valence-electron chi connectivity index (χ3n) is 2.70. The molecule has 0 aliphatic rings. The van der Waals surface area contributed by atoms with Gasteiger partial charge in [-0.25, -0.2) is 8.78 Å². The first-order chi connectivity index (χ1) is 8.13. The van der Waals surface area contributed by atoms with Crippen molar-refractivity contribution in [2.75, 3.05) is 7.05 Å². The van der Waals surface area contributed by atoms with E-state index in [-0.39, 0.29) is 11.6 Å². The normalized spacial score (nSPS) is 12.7. The molecule has 0 aliphatic carbocycles. The van der Waals surface area contributed by atoms with E-state index in [9.17, 15) is 8.78 Å². The average molecular weight is 253 g/mol. The SMILES string of the molecule is CNC(C)c1ccc(-c2c(F)cccc2F)s1. The van der Waals surface area contributed by atoms with Crippen molar-refractivity contribution in [3.63, 3.8) is 0 Å². The van der Waals surface area contributed by atoms with Crippen LogP contribution in [0.4, 0.5) is 8.78 Å². The fraction of sp³-hybridized carbons (Fsp3) is 0.231. The second kappa shape index (κ2) is 4.94. The highest BCUT2D eigenvalue weighted by atomic mass is 32.1. The topological polar surface area (TPSA) is 12.0 Å². The smallest absolute Gasteiger partial charge is 0.134 e. The minimum atomic E-state index is -0.518. The highest BCUT2D eigenvalue weighted by molar-refractivity contribution is 7.15. The Kier molecular flexibility index (Phi) is 3.54. The van der Waals surface area contributed by atoms with Crippen LogP contribution in [0.15, 0.2) is 30.3 Å². The van der Waals surface area contributed by atoms with Gasteiger partial charge in [0, 0.05) is 15.8 Å². The third kappa shape index (κ3) is 2.37. The van der Waals surface area contributed by atoms with Crippen molar-refractivity contribution in [1.82, 2.24) is 5.32 Å². The standard InChI is InChI=1S/C13H13F2NS/c1-8(16-2)11-6-7-12(17-11)13-9(14)4-3-5-10(13)15/h3-8,16H,1-2H3. The molecule has 0 saturated carbocycles. The lowest BCUT2D eigenvalue weighted by atomic mass is 10.1. The maximum atomic E-state index is 13.6. The minimum Gasteiger partial charge on any atom is -0.313 e. The van der Waals surface area contributed by atoms with Crippen LogP contribution in [0.2, 0.25) is 0 Å². The number of nitrogens with one attached hydrogen (secondary N) is 1. The van der Waals surface area contributed by atoms with Crippen LogP contribution in [0.25, 0.3) is 10.4 Å². The zero-order chi connectivity index (χ0) is 12.4. The van der Waals surface area contributed by atoms with E-state index < -0.39 is 11.6 Å². The van der Waals surface area contributed by atoms with E-state index >= 15 is 0 Å². The molecule has 2 aromatic rings. The largest absolute Gasteiger partial charge is 0.313 e. The first kappa shape index (κ1) is 12.2. The van der Waals surface area contributed by atoms with Gasteiger partial charge in [0.15, 0.2) is 0 Å². The first-order valence-electron chi connectivity index (χ1n) is 5.35. The molecule has 1 aromatic carbocycles. The van der Waals surface area contributed by atoms with Crippen molar-refractivity contribution in [3.05, 3.63) is 46.8 Å². The molecule has 0 spiro atoms. The minimum absolute atomic E-state index is 0.0621. The molecule has 17 heavy (non-hydrogen) atoms. The van der Waals surface area contributed by atoms with Gasteiger partial charge in [0.1, 0.15) is 11.6 Å². The number of rotatable bonds is 3. The Morgan fingerprint density at radius 3 is 2.35 bits per heavy atom. The first-order valence-corrected chi connectivity index (χ1v) is 6.16. The van der Waals surface area contributed by atoms with E-state index in [4.69, 9.17) is 0 Å². The van der Waals surface area contributed by atoms with Gasteiger partial charge in [0.25, 0.3) is 0 Å². The van der Waals surface area contributed by atoms with E-state index in [1.165, 1.54) is 29.5 Å². The number of benzene rings is 1. The van der Waals surface area contributed by atoms with Crippen molar-refractivity contribution in [2.24, 2.45) is 0 Å². The molecule has 2 rings (SSSR count). The summed E-state index contributed by atoms with van der Waals surface area (Å²) in [6.07, 6.45) is 0. The molecule has 1 unspecified atom stereocenters. The molecule has 0 saturated heterocycles. The Labute approximate surface area is 103 Å². The van der Waals surface area contributed by atoms with Crippen molar-refractivity contribution in [3.8, 4) is 10.4 Å². The van der Waals surface area contributed by atoms with E-state index in [0.29, 0.717) is 4.88 Å². The van der Waals surface area contributed by atoms with Gasteiger partial charge in [-0.3, -0.25) is 0 Å². The lowest BCUT2D eigenvalue weighted by molar-refractivity contribution is 0.590.